The fourth-order valence-electron chi connectivity index (χ4n) is 2.74. The SMILES string of the molecule is COc1ncccc1C(=O)N(Cc1ccccc1C(F)(F)F)C1CC1. The van der Waals surface area contributed by atoms with Crippen molar-refractivity contribution in [3.05, 3.63) is 59.3 Å². The van der Waals surface area contributed by atoms with E-state index >= 15 is 0 Å². The number of alkyl halides is 3. The Kier molecular flexibility index (Phi) is 4.65. The molecule has 0 radical (unpaired) electrons. The van der Waals surface area contributed by atoms with E-state index in [1.165, 1.54) is 30.3 Å². The molecule has 7 heteroatoms. The molecule has 0 unspecified atom stereocenters. The highest BCUT2D eigenvalue weighted by atomic mass is 19.4. The lowest BCUT2D eigenvalue weighted by molar-refractivity contribution is -0.138. The molecule has 1 aromatic carbocycles. The molecule has 0 bridgehead atoms. The fourth-order valence-corrected chi connectivity index (χ4v) is 2.74. The number of rotatable bonds is 5. The first-order valence-corrected chi connectivity index (χ1v) is 7.87. The third-order valence-corrected chi connectivity index (χ3v) is 4.11. The summed E-state index contributed by atoms with van der Waals surface area (Å²) in [6, 6.07) is 8.45. The molecule has 1 aliphatic carbocycles. The Labute approximate surface area is 143 Å². The van der Waals surface area contributed by atoms with Crippen LogP contribution in [0.1, 0.15) is 34.3 Å². The van der Waals surface area contributed by atoms with E-state index in [9.17, 15) is 18.0 Å². The normalized spacial score (nSPS) is 14.2. The quantitative estimate of drug-likeness (QED) is 0.821. The summed E-state index contributed by atoms with van der Waals surface area (Å²) in [5.41, 5.74) is -0.383. The summed E-state index contributed by atoms with van der Waals surface area (Å²) in [5, 5.41) is 0. The number of pyridine rings is 1. The Hall–Kier alpha value is -2.57. The zero-order valence-electron chi connectivity index (χ0n) is 13.6. The molecule has 132 valence electrons. The predicted octanol–water partition coefficient (Wildman–Crippen LogP) is 3.91. The number of methoxy groups -OCH3 is 1. The molecule has 0 aliphatic heterocycles. The lowest BCUT2D eigenvalue weighted by Crippen LogP contribution is -2.33. The summed E-state index contributed by atoms with van der Waals surface area (Å²) in [7, 11) is 1.40. The first kappa shape index (κ1) is 17.3. The Balaban J connectivity index is 1.92. The zero-order valence-corrected chi connectivity index (χ0v) is 13.6. The maximum atomic E-state index is 13.2. The van der Waals surface area contributed by atoms with Crippen molar-refractivity contribution in [2.45, 2.75) is 31.6 Å². The van der Waals surface area contributed by atoms with Gasteiger partial charge in [0.1, 0.15) is 5.56 Å². The second-order valence-corrected chi connectivity index (χ2v) is 5.88. The Bertz CT molecular complexity index is 773. The molecule has 1 fully saturated rings. The second kappa shape index (κ2) is 6.74. The molecule has 0 spiro atoms. The Morgan fingerprint density at radius 3 is 2.60 bits per heavy atom. The van der Waals surface area contributed by atoms with Crippen LogP contribution < -0.4 is 4.74 Å². The smallest absolute Gasteiger partial charge is 0.416 e. The van der Waals surface area contributed by atoms with Gasteiger partial charge in [-0.1, -0.05) is 18.2 Å². The average Bonchev–Trinajstić information content (AvgIpc) is 3.43. The number of amides is 1. The molecule has 0 atom stereocenters. The molecule has 25 heavy (non-hydrogen) atoms. The number of halogens is 3. The van der Waals surface area contributed by atoms with Gasteiger partial charge < -0.3 is 9.64 Å². The van der Waals surface area contributed by atoms with E-state index in [1.807, 2.05) is 0 Å². The summed E-state index contributed by atoms with van der Waals surface area (Å²) < 4.78 is 44.8. The molecule has 0 N–H and O–H groups in total. The minimum Gasteiger partial charge on any atom is -0.480 e. The molecule has 4 nitrogen and oxygen atoms in total. The number of hydrogen-bond donors (Lipinski definition) is 0. The Morgan fingerprint density at radius 1 is 1.24 bits per heavy atom. The van der Waals surface area contributed by atoms with E-state index in [0.29, 0.717) is 0 Å². The van der Waals surface area contributed by atoms with E-state index < -0.39 is 11.7 Å². The minimum atomic E-state index is -4.46. The molecule has 1 saturated carbocycles. The van der Waals surface area contributed by atoms with Crippen molar-refractivity contribution in [1.82, 2.24) is 9.88 Å². The highest BCUT2D eigenvalue weighted by molar-refractivity contribution is 5.96. The molecule has 0 saturated heterocycles. The molecule has 1 aromatic heterocycles. The molecule has 1 amide bonds. The molecular formula is C18H17F3N2O2. The number of carbonyl (C=O) groups excluding carboxylic acids is 1. The molecule has 3 rings (SSSR count). The van der Waals surface area contributed by atoms with Gasteiger partial charge in [0.2, 0.25) is 5.88 Å². The van der Waals surface area contributed by atoms with E-state index in [1.54, 1.807) is 18.2 Å². The third-order valence-electron chi connectivity index (χ3n) is 4.11. The molecular weight excluding hydrogens is 333 g/mol. The number of carbonyl (C=O) groups is 1. The summed E-state index contributed by atoms with van der Waals surface area (Å²) in [6.07, 6.45) is -1.40. The van der Waals surface area contributed by atoms with Crippen molar-refractivity contribution in [2.75, 3.05) is 7.11 Å². The summed E-state index contributed by atoms with van der Waals surface area (Å²) >= 11 is 0. The van der Waals surface area contributed by atoms with Crippen LogP contribution in [0.15, 0.2) is 42.6 Å². The lowest BCUT2D eigenvalue weighted by Gasteiger charge is -2.25. The van der Waals surface area contributed by atoms with Crippen molar-refractivity contribution in [2.24, 2.45) is 0 Å². The van der Waals surface area contributed by atoms with Crippen molar-refractivity contribution in [3.8, 4) is 5.88 Å². The van der Waals surface area contributed by atoms with E-state index in [4.69, 9.17) is 4.74 Å². The molecule has 1 heterocycles. The van der Waals surface area contributed by atoms with Crippen LogP contribution in [0.25, 0.3) is 0 Å². The summed E-state index contributed by atoms with van der Waals surface area (Å²) in [5.74, 6) is -0.202. The van der Waals surface area contributed by atoms with E-state index in [0.717, 1.165) is 18.9 Å². The van der Waals surface area contributed by atoms with Gasteiger partial charge in [-0.05, 0) is 36.6 Å². The maximum Gasteiger partial charge on any atom is 0.416 e. The summed E-state index contributed by atoms with van der Waals surface area (Å²) in [4.78, 5) is 18.4. The van der Waals surface area contributed by atoms with Crippen LogP contribution >= 0.6 is 0 Å². The van der Waals surface area contributed by atoms with Gasteiger partial charge in [-0.2, -0.15) is 13.2 Å². The number of hydrogen-bond acceptors (Lipinski definition) is 3. The average molecular weight is 350 g/mol. The monoisotopic (exact) mass is 350 g/mol. The highest BCUT2D eigenvalue weighted by Crippen LogP contribution is 2.35. The van der Waals surface area contributed by atoms with Crippen LogP contribution in [-0.2, 0) is 12.7 Å². The van der Waals surface area contributed by atoms with Crippen LogP contribution in [0.2, 0.25) is 0 Å². The van der Waals surface area contributed by atoms with Crippen molar-refractivity contribution in [3.63, 3.8) is 0 Å². The van der Waals surface area contributed by atoms with Gasteiger partial charge in [0.25, 0.3) is 5.91 Å². The number of ether oxygens (including phenoxy) is 1. The van der Waals surface area contributed by atoms with Crippen molar-refractivity contribution in [1.29, 1.82) is 0 Å². The van der Waals surface area contributed by atoms with Crippen molar-refractivity contribution < 1.29 is 22.7 Å². The topological polar surface area (TPSA) is 42.4 Å². The zero-order chi connectivity index (χ0) is 18.0. The molecule has 2 aromatic rings. The fraction of sp³-hybridized carbons (Fsp3) is 0.333. The molecule has 1 aliphatic rings. The second-order valence-electron chi connectivity index (χ2n) is 5.88. The maximum absolute atomic E-state index is 13.2. The van der Waals surface area contributed by atoms with Crippen LogP contribution in [0, 0.1) is 0 Å². The van der Waals surface area contributed by atoms with Gasteiger partial charge in [0.15, 0.2) is 0 Å². The van der Waals surface area contributed by atoms with Gasteiger partial charge in [-0.25, -0.2) is 4.98 Å². The van der Waals surface area contributed by atoms with Gasteiger partial charge >= 0.3 is 6.18 Å². The minimum absolute atomic E-state index is 0.0568. The van der Waals surface area contributed by atoms with Gasteiger partial charge in [-0.3, -0.25) is 4.79 Å². The van der Waals surface area contributed by atoms with Gasteiger partial charge in [0, 0.05) is 18.8 Å². The lowest BCUT2D eigenvalue weighted by atomic mass is 10.1. The third kappa shape index (κ3) is 3.75. The number of aromatic nitrogens is 1. The van der Waals surface area contributed by atoms with Crippen LogP contribution in [0.3, 0.4) is 0 Å². The Morgan fingerprint density at radius 2 is 1.96 bits per heavy atom. The number of benzene rings is 1. The summed E-state index contributed by atoms with van der Waals surface area (Å²) in [6.45, 7) is -0.1000. The predicted molar refractivity (Wildman–Crippen MR) is 85.1 cm³/mol. The number of nitrogens with zero attached hydrogens (tertiary/aromatic N) is 2. The first-order chi connectivity index (χ1) is 11.9. The van der Waals surface area contributed by atoms with Gasteiger partial charge in [-0.15, -0.1) is 0 Å². The van der Waals surface area contributed by atoms with Gasteiger partial charge in [0.05, 0.1) is 12.7 Å². The van der Waals surface area contributed by atoms with E-state index in [2.05, 4.69) is 4.98 Å². The van der Waals surface area contributed by atoms with Crippen LogP contribution in [-0.4, -0.2) is 28.9 Å². The first-order valence-electron chi connectivity index (χ1n) is 7.87. The largest absolute Gasteiger partial charge is 0.480 e. The van der Waals surface area contributed by atoms with Crippen LogP contribution in [0.5, 0.6) is 5.88 Å². The van der Waals surface area contributed by atoms with Crippen molar-refractivity contribution >= 4 is 5.91 Å². The van der Waals surface area contributed by atoms with Crippen LogP contribution in [0.4, 0.5) is 13.2 Å². The highest BCUT2D eigenvalue weighted by Gasteiger charge is 2.37. The van der Waals surface area contributed by atoms with E-state index in [-0.39, 0.29) is 35.5 Å². The standard InChI is InChI=1S/C18H17F3N2O2/c1-25-16-14(6-4-10-22-16)17(24)23(13-8-9-13)11-12-5-2-3-7-15(12)18(19,20)21/h2-7,10,13H,8-9,11H2,1H3.